The highest BCUT2D eigenvalue weighted by molar-refractivity contribution is 6.62. The van der Waals surface area contributed by atoms with Gasteiger partial charge in [0.2, 0.25) is 0 Å². The first-order valence-corrected chi connectivity index (χ1v) is 12.3. The number of hydrogen-bond donors (Lipinski definition) is 0. The van der Waals surface area contributed by atoms with Gasteiger partial charge in [0.25, 0.3) is 0 Å². The van der Waals surface area contributed by atoms with E-state index < -0.39 is 7.12 Å². The lowest BCUT2D eigenvalue weighted by Gasteiger charge is -2.32. The fraction of sp³-hybridized carbons (Fsp3) is 0.219. The van der Waals surface area contributed by atoms with Crippen molar-refractivity contribution in [3.8, 4) is 0 Å². The van der Waals surface area contributed by atoms with E-state index in [4.69, 9.17) is 14.3 Å². The molecular weight excluding hydrogens is 441 g/mol. The Bertz CT molecular complexity index is 1480. The molecule has 1 aliphatic rings. The van der Waals surface area contributed by atoms with Crippen LogP contribution < -0.4 is 15.9 Å². The van der Waals surface area contributed by atoms with Crippen LogP contribution in [-0.2, 0) is 9.31 Å². The van der Waals surface area contributed by atoms with Gasteiger partial charge in [-0.25, -0.2) is 0 Å². The smallest absolute Gasteiger partial charge is 0.399 e. The zero-order valence-electron chi connectivity index (χ0n) is 22.0. The summed E-state index contributed by atoms with van der Waals surface area (Å²) in [6.07, 6.45) is 5.46. The lowest BCUT2D eigenvalue weighted by atomic mass is 9.78. The van der Waals surface area contributed by atoms with Crippen LogP contribution in [0.15, 0.2) is 103 Å². The van der Waals surface area contributed by atoms with Gasteiger partial charge in [0.05, 0.1) is 16.9 Å². The number of nitrogens with zero attached hydrogens (tertiary/aromatic N) is 1. The third kappa shape index (κ3) is 4.79. The molecule has 1 fully saturated rings. The molecule has 3 nitrogen and oxygen atoms in total. The number of hydrogen-bond acceptors (Lipinski definition) is 3. The molecule has 0 saturated carbocycles. The van der Waals surface area contributed by atoms with Gasteiger partial charge < -0.3 is 9.31 Å². The molecule has 0 atom stereocenters. The fourth-order valence-corrected chi connectivity index (χ4v) is 4.31. The molecule has 0 N–H and O–H groups in total. The highest BCUT2D eigenvalue weighted by Gasteiger charge is 2.51. The Morgan fingerprint density at radius 3 is 2.14 bits per heavy atom. The van der Waals surface area contributed by atoms with E-state index in [9.17, 15) is 0 Å². The molecule has 0 radical (unpaired) electrons. The Hall–Kier alpha value is -3.47. The molecular formula is C32H34BNO2. The van der Waals surface area contributed by atoms with Crippen molar-refractivity contribution in [2.75, 3.05) is 0 Å². The predicted molar refractivity (Wildman–Crippen MR) is 155 cm³/mol. The first-order chi connectivity index (χ1) is 17.1. The van der Waals surface area contributed by atoms with Crippen molar-refractivity contribution in [3.05, 3.63) is 114 Å². The van der Waals surface area contributed by atoms with Crippen molar-refractivity contribution >= 4 is 41.3 Å². The van der Waals surface area contributed by atoms with Crippen LogP contribution in [0, 0.1) is 0 Å². The van der Waals surface area contributed by atoms with Crippen LogP contribution in [0.3, 0.4) is 0 Å². The molecule has 0 amide bonds. The molecule has 1 heterocycles. The molecule has 182 valence electrons. The van der Waals surface area contributed by atoms with E-state index in [1.165, 1.54) is 0 Å². The number of allylic oxidation sites excluding steroid dienone is 4. The van der Waals surface area contributed by atoms with Gasteiger partial charge in [-0.3, -0.25) is 4.99 Å². The van der Waals surface area contributed by atoms with Crippen LogP contribution in [0.5, 0.6) is 0 Å². The highest BCUT2D eigenvalue weighted by atomic mass is 16.7. The molecule has 1 saturated heterocycles. The molecule has 0 unspecified atom stereocenters. The van der Waals surface area contributed by atoms with Crippen LogP contribution in [0.1, 0.15) is 40.2 Å². The second kappa shape index (κ2) is 9.89. The van der Waals surface area contributed by atoms with Gasteiger partial charge in [-0.1, -0.05) is 98.6 Å². The average Bonchev–Trinajstić information content (AvgIpc) is 3.08. The van der Waals surface area contributed by atoms with Gasteiger partial charge in [0, 0.05) is 16.5 Å². The summed E-state index contributed by atoms with van der Waals surface area (Å²) in [6.45, 7) is 22.4. The summed E-state index contributed by atoms with van der Waals surface area (Å²) in [7, 11) is -0.412. The summed E-state index contributed by atoms with van der Waals surface area (Å²) in [6, 6.07) is 20.8. The van der Waals surface area contributed by atoms with Gasteiger partial charge in [-0.2, -0.15) is 0 Å². The minimum absolute atomic E-state index is 0.387. The molecule has 4 rings (SSSR count). The maximum absolute atomic E-state index is 6.25. The molecule has 1 aliphatic heterocycles. The summed E-state index contributed by atoms with van der Waals surface area (Å²) in [4.78, 5) is 5.09. The summed E-state index contributed by atoms with van der Waals surface area (Å²) >= 11 is 0. The number of fused-ring (bicyclic) bond motifs is 1. The molecule has 3 aromatic carbocycles. The number of benzene rings is 3. The lowest BCUT2D eigenvalue weighted by molar-refractivity contribution is 0.00578. The third-order valence-corrected chi connectivity index (χ3v) is 7.22. The third-order valence-electron chi connectivity index (χ3n) is 7.22. The highest BCUT2D eigenvalue weighted by Crippen LogP contribution is 2.36. The Labute approximate surface area is 215 Å². The largest absolute Gasteiger partial charge is 0.494 e. The Morgan fingerprint density at radius 2 is 1.53 bits per heavy atom. The van der Waals surface area contributed by atoms with E-state index >= 15 is 0 Å². The quantitative estimate of drug-likeness (QED) is 0.269. The average molecular weight is 475 g/mol. The minimum atomic E-state index is -0.412. The van der Waals surface area contributed by atoms with Gasteiger partial charge in [-0.15, -0.1) is 0 Å². The zero-order valence-corrected chi connectivity index (χ0v) is 22.0. The SMILES string of the molecule is C=C/C=C(C=C)/C(C)=N/C(c1ccc(B2OC(C)(C)C(C)(C)O2)cc1)=c1/ccc2ccccc2c1=C. The topological polar surface area (TPSA) is 30.8 Å². The first-order valence-electron chi connectivity index (χ1n) is 12.3. The van der Waals surface area contributed by atoms with E-state index in [1.54, 1.807) is 12.2 Å². The van der Waals surface area contributed by atoms with Crippen LogP contribution in [0.4, 0.5) is 0 Å². The standard InChI is InChI=1S/C32H34BNO2/c1-9-13-24(10-2)23(4)34-30(29-21-18-25-14-11-12-15-28(25)22(29)3)26-16-19-27(20-17-26)33-35-31(5,6)32(7,8)36-33/h9-21H,1-3H2,4-8H3/b24-13+,30-29-,34-23+. The maximum Gasteiger partial charge on any atom is 0.494 e. The molecule has 0 aromatic heterocycles. The summed E-state index contributed by atoms with van der Waals surface area (Å²) in [5.41, 5.74) is 3.80. The zero-order chi connectivity index (χ0) is 26.1. The molecule has 0 aliphatic carbocycles. The van der Waals surface area contributed by atoms with E-state index in [0.717, 1.165) is 49.2 Å². The molecule has 4 heteroatoms. The molecule has 0 spiro atoms. The normalized spacial score (nSPS) is 18.3. The van der Waals surface area contributed by atoms with Crippen molar-refractivity contribution in [1.82, 2.24) is 0 Å². The van der Waals surface area contributed by atoms with E-state index in [1.807, 2.05) is 25.1 Å². The summed E-state index contributed by atoms with van der Waals surface area (Å²) < 4.78 is 12.5. The van der Waals surface area contributed by atoms with Crippen molar-refractivity contribution in [2.45, 2.75) is 45.8 Å². The van der Waals surface area contributed by atoms with Crippen LogP contribution >= 0.6 is 0 Å². The van der Waals surface area contributed by atoms with Gasteiger partial charge >= 0.3 is 7.12 Å². The minimum Gasteiger partial charge on any atom is -0.399 e. The Morgan fingerprint density at radius 1 is 0.889 bits per heavy atom. The summed E-state index contributed by atoms with van der Waals surface area (Å²) in [5.74, 6) is 0. The van der Waals surface area contributed by atoms with E-state index in [2.05, 4.69) is 96.0 Å². The van der Waals surface area contributed by atoms with Crippen molar-refractivity contribution in [2.24, 2.45) is 4.99 Å². The van der Waals surface area contributed by atoms with Gasteiger partial charge in [0.1, 0.15) is 0 Å². The Balaban J connectivity index is 1.88. The maximum atomic E-state index is 6.25. The van der Waals surface area contributed by atoms with E-state index in [0.29, 0.717) is 0 Å². The van der Waals surface area contributed by atoms with E-state index in [-0.39, 0.29) is 11.2 Å². The van der Waals surface area contributed by atoms with Crippen molar-refractivity contribution in [1.29, 1.82) is 0 Å². The first kappa shape index (κ1) is 25.6. The predicted octanol–water partition coefficient (Wildman–Crippen LogP) is 5.47. The molecule has 3 aromatic rings. The fourth-order valence-electron chi connectivity index (χ4n) is 4.31. The monoisotopic (exact) mass is 475 g/mol. The number of rotatable bonds is 6. The lowest BCUT2D eigenvalue weighted by Crippen LogP contribution is -2.41. The van der Waals surface area contributed by atoms with Gasteiger partial charge in [0.15, 0.2) is 0 Å². The van der Waals surface area contributed by atoms with Gasteiger partial charge in [-0.05, 0) is 61.6 Å². The van der Waals surface area contributed by atoms with Crippen LogP contribution in [0.2, 0.25) is 0 Å². The number of aliphatic imine (C=N–C) groups is 1. The second-order valence-corrected chi connectivity index (χ2v) is 10.1. The second-order valence-electron chi connectivity index (χ2n) is 10.1. The van der Waals surface area contributed by atoms with Crippen LogP contribution in [0.25, 0.3) is 23.0 Å². The molecule has 36 heavy (non-hydrogen) atoms. The summed E-state index contributed by atoms with van der Waals surface area (Å²) in [5, 5.41) is 4.20. The molecule has 0 bridgehead atoms. The van der Waals surface area contributed by atoms with Crippen molar-refractivity contribution < 1.29 is 9.31 Å². The Kier molecular flexibility index (Phi) is 7.04. The van der Waals surface area contributed by atoms with Crippen LogP contribution in [-0.4, -0.2) is 24.0 Å². The van der Waals surface area contributed by atoms with Crippen molar-refractivity contribution in [3.63, 3.8) is 0 Å².